The van der Waals surface area contributed by atoms with Crippen molar-refractivity contribution in [1.82, 2.24) is 15.2 Å². The number of likely N-dealkylation sites (tertiary alicyclic amines) is 1. The quantitative estimate of drug-likeness (QED) is 0.873. The van der Waals surface area contributed by atoms with E-state index in [1.165, 1.54) is 42.2 Å². The van der Waals surface area contributed by atoms with Crippen molar-refractivity contribution >= 4 is 11.3 Å². The molecule has 0 aliphatic carbocycles. The van der Waals surface area contributed by atoms with E-state index in [-0.39, 0.29) is 0 Å². The molecule has 1 aliphatic heterocycles. The number of piperidine rings is 1. The Kier molecular flexibility index (Phi) is 4.95. The number of hydrogen-bond donors (Lipinski definition) is 1. The van der Waals surface area contributed by atoms with Gasteiger partial charge in [-0.15, -0.1) is 11.3 Å². The molecule has 2 heterocycles. The van der Waals surface area contributed by atoms with Crippen LogP contribution in [0.4, 0.5) is 0 Å². The second-order valence-corrected chi connectivity index (χ2v) is 6.21. The van der Waals surface area contributed by atoms with Crippen LogP contribution in [0.3, 0.4) is 0 Å². The molecule has 96 valence electrons. The molecule has 0 saturated carbocycles. The van der Waals surface area contributed by atoms with Gasteiger partial charge in [-0.3, -0.25) is 4.90 Å². The third-order valence-corrected chi connectivity index (χ3v) is 4.11. The second kappa shape index (κ2) is 6.47. The zero-order chi connectivity index (χ0) is 12.1. The monoisotopic (exact) mass is 253 g/mol. The summed E-state index contributed by atoms with van der Waals surface area (Å²) in [5, 5.41) is 4.90. The van der Waals surface area contributed by atoms with Crippen LogP contribution in [-0.4, -0.2) is 35.6 Å². The molecule has 0 spiro atoms. The van der Waals surface area contributed by atoms with E-state index in [1.807, 2.05) is 17.5 Å². The molecule has 3 nitrogen and oxygen atoms in total. The Morgan fingerprint density at radius 2 is 2.47 bits per heavy atom. The molecule has 2 rings (SSSR count). The summed E-state index contributed by atoms with van der Waals surface area (Å²) in [5.41, 5.74) is 0. The zero-order valence-electron chi connectivity index (χ0n) is 10.9. The Labute approximate surface area is 108 Å². The van der Waals surface area contributed by atoms with Gasteiger partial charge in [-0.25, -0.2) is 4.98 Å². The minimum atomic E-state index is 0.685. The number of nitrogens with zero attached hydrogens (tertiary/aromatic N) is 2. The first kappa shape index (κ1) is 13.0. The van der Waals surface area contributed by atoms with E-state index in [1.54, 1.807) is 0 Å². The molecule has 4 heteroatoms. The summed E-state index contributed by atoms with van der Waals surface area (Å²) in [6.07, 6.45) is 5.85. The van der Waals surface area contributed by atoms with Crippen molar-refractivity contribution in [1.29, 1.82) is 0 Å². The van der Waals surface area contributed by atoms with Crippen molar-refractivity contribution in [2.75, 3.05) is 19.6 Å². The molecule has 0 amide bonds. The van der Waals surface area contributed by atoms with Gasteiger partial charge in [-0.1, -0.05) is 6.92 Å². The molecule has 1 aliphatic rings. The van der Waals surface area contributed by atoms with Crippen LogP contribution in [0.2, 0.25) is 0 Å². The van der Waals surface area contributed by atoms with Crippen LogP contribution in [0.15, 0.2) is 6.20 Å². The first-order chi connectivity index (χ1) is 8.28. The van der Waals surface area contributed by atoms with Crippen LogP contribution in [0.5, 0.6) is 0 Å². The topological polar surface area (TPSA) is 28.2 Å². The molecule has 1 aromatic rings. The Balaban J connectivity index is 1.80. The predicted octanol–water partition coefficient (Wildman–Crippen LogP) is 2.42. The maximum Gasteiger partial charge on any atom is 0.107 e. The van der Waals surface area contributed by atoms with Crippen LogP contribution in [0.25, 0.3) is 0 Å². The van der Waals surface area contributed by atoms with Crippen LogP contribution < -0.4 is 5.32 Å². The van der Waals surface area contributed by atoms with Crippen molar-refractivity contribution in [3.8, 4) is 0 Å². The van der Waals surface area contributed by atoms with Gasteiger partial charge in [0.05, 0.1) is 6.54 Å². The standard InChI is InChI=1S/C13H23N3S/c1-3-6-14-12-5-4-7-16(9-12)10-13-15-8-11(2)17-13/h8,12,14H,3-7,9-10H2,1-2H3. The normalized spacial score (nSPS) is 21.9. The molecule has 1 atom stereocenters. The van der Waals surface area contributed by atoms with Gasteiger partial charge >= 0.3 is 0 Å². The second-order valence-electron chi connectivity index (χ2n) is 4.89. The number of aromatic nitrogens is 1. The average Bonchev–Trinajstić information content (AvgIpc) is 2.73. The summed E-state index contributed by atoms with van der Waals surface area (Å²) in [5.74, 6) is 0. The lowest BCUT2D eigenvalue weighted by Crippen LogP contribution is -2.45. The van der Waals surface area contributed by atoms with Gasteiger partial charge in [0.15, 0.2) is 0 Å². The minimum absolute atomic E-state index is 0.685. The molecule has 0 radical (unpaired) electrons. The van der Waals surface area contributed by atoms with Gasteiger partial charge in [0.1, 0.15) is 5.01 Å². The summed E-state index contributed by atoms with van der Waals surface area (Å²) in [4.78, 5) is 8.31. The van der Waals surface area contributed by atoms with Crippen LogP contribution >= 0.6 is 11.3 Å². The molecule has 1 saturated heterocycles. The van der Waals surface area contributed by atoms with Crippen LogP contribution in [-0.2, 0) is 6.54 Å². The average molecular weight is 253 g/mol. The molecule has 1 aromatic heterocycles. The van der Waals surface area contributed by atoms with E-state index in [0.717, 1.165) is 13.1 Å². The fourth-order valence-corrected chi connectivity index (χ4v) is 3.21. The molecule has 0 bridgehead atoms. The molecule has 0 aromatic carbocycles. The molecular weight excluding hydrogens is 230 g/mol. The van der Waals surface area contributed by atoms with Crippen molar-refractivity contribution in [2.24, 2.45) is 0 Å². The Bertz CT molecular complexity index is 337. The fraction of sp³-hybridized carbons (Fsp3) is 0.769. The van der Waals surface area contributed by atoms with Crippen molar-refractivity contribution in [3.05, 3.63) is 16.1 Å². The maximum atomic E-state index is 4.45. The van der Waals surface area contributed by atoms with E-state index in [2.05, 4.69) is 29.0 Å². The Morgan fingerprint density at radius 1 is 1.59 bits per heavy atom. The van der Waals surface area contributed by atoms with Crippen LogP contribution in [0.1, 0.15) is 36.1 Å². The van der Waals surface area contributed by atoms with Crippen LogP contribution in [0, 0.1) is 6.92 Å². The van der Waals surface area contributed by atoms with E-state index < -0.39 is 0 Å². The van der Waals surface area contributed by atoms with Gasteiger partial charge in [0.2, 0.25) is 0 Å². The third-order valence-electron chi connectivity index (χ3n) is 3.22. The van der Waals surface area contributed by atoms with Crippen molar-refractivity contribution < 1.29 is 0 Å². The number of rotatable bonds is 5. The Hall–Kier alpha value is -0.450. The van der Waals surface area contributed by atoms with Gasteiger partial charge in [0.25, 0.3) is 0 Å². The van der Waals surface area contributed by atoms with E-state index in [0.29, 0.717) is 6.04 Å². The summed E-state index contributed by atoms with van der Waals surface area (Å²) in [6.45, 7) is 8.94. The zero-order valence-corrected chi connectivity index (χ0v) is 11.7. The highest BCUT2D eigenvalue weighted by atomic mass is 32.1. The first-order valence-electron chi connectivity index (χ1n) is 6.65. The highest BCUT2D eigenvalue weighted by Crippen LogP contribution is 2.17. The number of aryl methyl sites for hydroxylation is 1. The highest BCUT2D eigenvalue weighted by molar-refractivity contribution is 7.11. The van der Waals surface area contributed by atoms with Gasteiger partial charge in [0, 0.05) is 23.7 Å². The smallest absolute Gasteiger partial charge is 0.107 e. The SMILES string of the molecule is CCCNC1CCCN(Cc2ncc(C)s2)C1. The molecule has 17 heavy (non-hydrogen) atoms. The summed E-state index contributed by atoms with van der Waals surface area (Å²) in [7, 11) is 0. The van der Waals surface area contributed by atoms with E-state index >= 15 is 0 Å². The van der Waals surface area contributed by atoms with E-state index in [9.17, 15) is 0 Å². The first-order valence-corrected chi connectivity index (χ1v) is 7.46. The predicted molar refractivity (Wildman–Crippen MR) is 73.4 cm³/mol. The Morgan fingerprint density at radius 3 is 3.18 bits per heavy atom. The third kappa shape index (κ3) is 4.05. The lowest BCUT2D eigenvalue weighted by Gasteiger charge is -2.32. The molecule has 1 N–H and O–H groups in total. The van der Waals surface area contributed by atoms with Crippen molar-refractivity contribution in [3.63, 3.8) is 0 Å². The van der Waals surface area contributed by atoms with Crippen molar-refractivity contribution in [2.45, 2.75) is 45.7 Å². The summed E-state index contributed by atoms with van der Waals surface area (Å²) >= 11 is 1.83. The number of nitrogens with one attached hydrogen (secondary N) is 1. The lowest BCUT2D eigenvalue weighted by atomic mass is 10.1. The van der Waals surface area contributed by atoms with Gasteiger partial charge in [-0.2, -0.15) is 0 Å². The largest absolute Gasteiger partial charge is 0.313 e. The van der Waals surface area contributed by atoms with Gasteiger partial charge < -0.3 is 5.32 Å². The fourth-order valence-electron chi connectivity index (χ4n) is 2.38. The number of hydrogen-bond acceptors (Lipinski definition) is 4. The lowest BCUT2D eigenvalue weighted by molar-refractivity contribution is 0.183. The maximum absolute atomic E-state index is 4.45. The highest BCUT2D eigenvalue weighted by Gasteiger charge is 2.19. The van der Waals surface area contributed by atoms with Gasteiger partial charge in [-0.05, 0) is 39.3 Å². The molecular formula is C13H23N3S. The minimum Gasteiger partial charge on any atom is -0.313 e. The summed E-state index contributed by atoms with van der Waals surface area (Å²) < 4.78 is 0. The number of thiazole rings is 1. The summed E-state index contributed by atoms with van der Waals surface area (Å²) in [6, 6.07) is 0.685. The van der Waals surface area contributed by atoms with E-state index in [4.69, 9.17) is 0 Å². The molecule has 1 unspecified atom stereocenters. The molecule has 1 fully saturated rings.